The van der Waals surface area contributed by atoms with E-state index in [9.17, 15) is 14.4 Å². The number of oxazole rings is 1. The molecule has 2 aromatic heterocycles. The largest absolute Gasteiger partial charge is 0.496 e. The summed E-state index contributed by atoms with van der Waals surface area (Å²) in [6, 6.07) is 7.68. The van der Waals surface area contributed by atoms with E-state index >= 15 is 0 Å². The molecule has 0 aliphatic heterocycles. The number of amides is 2. The number of thiophene rings is 1. The molecule has 0 radical (unpaired) electrons. The number of para-hydroxylation sites is 1. The molecule has 2 unspecified atom stereocenters. The van der Waals surface area contributed by atoms with Gasteiger partial charge in [0.05, 0.1) is 23.7 Å². The van der Waals surface area contributed by atoms with Crippen LogP contribution in [0.1, 0.15) is 55.6 Å². The number of hydrogen-bond acceptors (Lipinski definition) is 7. The highest BCUT2D eigenvalue weighted by Gasteiger charge is 2.31. The van der Waals surface area contributed by atoms with Gasteiger partial charge in [-0.05, 0) is 50.8 Å². The second-order valence-corrected chi connectivity index (χ2v) is 10.5. The van der Waals surface area contributed by atoms with Crippen LogP contribution in [0.25, 0.3) is 10.8 Å². The van der Waals surface area contributed by atoms with Gasteiger partial charge < -0.3 is 19.4 Å². The summed E-state index contributed by atoms with van der Waals surface area (Å²) in [4.78, 5) is 45.1. The highest BCUT2D eigenvalue weighted by atomic mass is 32.1. The van der Waals surface area contributed by atoms with Gasteiger partial charge in [-0.3, -0.25) is 14.4 Å². The van der Waals surface area contributed by atoms with Crippen molar-refractivity contribution in [1.82, 2.24) is 10.3 Å². The fourth-order valence-corrected chi connectivity index (χ4v) is 5.54. The van der Waals surface area contributed by atoms with E-state index in [4.69, 9.17) is 9.15 Å². The van der Waals surface area contributed by atoms with Gasteiger partial charge >= 0.3 is 0 Å². The molecule has 0 fully saturated rings. The van der Waals surface area contributed by atoms with Crippen molar-refractivity contribution in [1.29, 1.82) is 0 Å². The van der Waals surface area contributed by atoms with Crippen LogP contribution in [-0.2, 0) is 16.0 Å². The standard InChI is InChI=1S/C28H35N3O5S/c1-17(2)30-26(34)19(4)15-18(3)24(33)23-20(5)25(27-29-12-14-36-27)37-28(23)31(16-32)13-11-21-9-7-8-10-22(21)35-6/h7-10,12,14,16-19H,11,13,15H2,1-6H3,(H,30,34). The van der Waals surface area contributed by atoms with Crippen LogP contribution in [-0.4, -0.2) is 42.8 Å². The number of aromatic nitrogens is 1. The first-order chi connectivity index (χ1) is 17.7. The van der Waals surface area contributed by atoms with E-state index in [-0.39, 0.29) is 23.7 Å². The molecule has 2 amide bonds. The molecule has 37 heavy (non-hydrogen) atoms. The van der Waals surface area contributed by atoms with Gasteiger partial charge in [0.25, 0.3) is 0 Å². The summed E-state index contributed by atoms with van der Waals surface area (Å²) in [5.41, 5.74) is 2.14. The molecule has 0 bridgehead atoms. The van der Waals surface area contributed by atoms with Gasteiger partial charge in [0.15, 0.2) is 5.78 Å². The first kappa shape index (κ1) is 28.1. The van der Waals surface area contributed by atoms with Crippen molar-refractivity contribution in [2.24, 2.45) is 11.8 Å². The van der Waals surface area contributed by atoms with E-state index in [0.717, 1.165) is 17.7 Å². The van der Waals surface area contributed by atoms with Crippen molar-refractivity contribution in [2.75, 3.05) is 18.6 Å². The van der Waals surface area contributed by atoms with Crippen LogP contribution >= 0.6 is 11.3 Å². The molecule has 9 heteroatoms. The number of ketones is 1. The van der Waals surface area contributed by atoms with E-state index < -0.39 is 5.92 Å². The van der Waals surface area contributed by atoms with E-state index in [1.165, 1.54) is 17.6 Å². The summed E-state index contributed by atoms with van der Waals surface area (Å²) in [6.45, 7) is 9.67. The van der Waals surface area contributed by atoms with Crippen molar-refractivity contribution >= 4 is 34.4 Å². The van der Waals surface area contributed by atoms with Gasteiger partial charge in [-0.2, -0.15) is 0 Å². The monoisotopic (exact) mass is 525 g/mol. The second-order valence-electron chi connectivity index (χ2n) is 9.50. The Morgan fingerprint density at radius 2 is 1.92 bits per heavy atom. The van der Waals surface area contributed by atoms with Crippen LogP contribution < -0.4 is 15.0 Å². The fraction of sp³-hybridized carbons (Fsp3) is 0.429. The molecule has 0 spiro atoms. The summed E-state index contributed by atoms with van der Waals surface area (Å²) >= 11 is 1.31. The number of nitrogens with one attached hydrogen (secondary N) is 1. The third kappa shape index (κ3) is 6.65. The number of Topliss-reactive ketones (excluding diaryl/α,β-unsaturated/α-hetero) is 1. The Morgan fingerprint density at radius 1 is 1.19 bits per heavy atom. The minimum absolute atomic E-state index is 0.0272. The van der Waals surface area contributed by atoms with Gasteiger partial charge in [-0.25, -0.2) is 4.98 Å². The highest BCUT2D eigenvalue weighted by molar-refractivity contribution is 7.20. The molecule has 3 aromatic rings. The quantitative estimate of drug-likeness (QED) is 0.240. The molecular weight excluding hydrogens is 490 g/mol. The van der Waals surface area contributed by atoms with E-state index in [1.807, 2.05) is 58.9 Å². The smallest absolute Gasteiger partial charge is 0.236 e. The zero-order valence-electron chi connectivity index (χ0n) is 22.2. The predicted molar refractivity (Wildman–Crippen MR) is 145 cm³/mol. The van der Waals surface area contributed by atoms with Crippen molar-refractivity contribution < 1.29 is 23.5 Å². The molecule has 0 aliphatic rings. The van der Waals surface area contributed by atoms with Crippen LogP contribution in [0.3, 0.4) is 0 Å². The van der Waals surface area contributed by atoms with Crippen molar-refractivity contribution in [2.45, 2.75) is 53.5 Å². The highest BCUT2D eigenvalue weighted by Crippen LogP contribution is 2.42. The summed E-state index contributed by atoms with van der Waals surface area (Å²) in [5, 5.41) is 3.46. The lowest BCUT2D eigenvalue weighted by atomic mass is 9.89. The maximum atomic E-state index is 13.8. The average Bonchev–Trinajstić information content (AvgIpc) is 3.52. The summed E-state index contributed by atoms with van der Waals surface area (Å²) in [6.07, 6.45) is 4.71. The first-order valence-corrected chi connectivity index (χ1v) is 13.2. The molecule has 2 atom stereocenters. The lowest BCUT2D eigenvalue weighted by molar-refractivity contribution is -0.125. The molecule has 2 heterocycles. The molecule has 3 rings (SSSR count). The number of anilines is 1. The molecule has 8 nitrogen and oxygen atoms in total. The Morgan fingerprint density at radius 3 is 2.54 bits per heavy atom. The third-order valence-corrected chi connectivity index (χ3v) is 7.55. The minimum Gasteiger partial charge on any atom is -0.496 e. The molecule has 0 saturated heterocycles. The molecule has 1 N–H and O–H groups in total. The minimum atomic E-state index is -0.430. The summed E-state index contributed by atoms with van der Waals surface area (Å²) in [7, 11) is 1.61. The predicted octanol–water partition coefficient (Wildman–Crippen LogP) is 5.30. The zero-order chi connectivity index (χ0) is 27.1. The van der Waals surface area contributed by atoms with Crippen molar-refractivity contribution in [3.8, 4) is 16.5 Å². The average molecular weight is 526 g/mol. The number of benzene rings is 1. The van der Waals surface area contributed by atoms with Crippen LogP contribution in [0, 0.1) is 18.8 Å². The summed E-state index contributed by atoms with van der Waals surface area (Å²) < 4.78 is 11.0. The van der Waals surface area contributed by atoms with Gasteiger partial charge in [-0.15, -0.1) is 11.3 Å². The molecule has 1 aromatic carbocycles. The molecule has 0 saturated carbocycles. The molecular formula is C28H35N3O5S. The number of carbonyl (C=O) groups excluding carboxylic acids is 3. The van der Waals surface area contributed by atoms with E-state index in [0.29, 0.717) is 46.3 Å². The van der Waals surface area contributed by atoms with Crippen LogP contribution in [0.15, 0.2) is 41.1 Å². The first-order valence-electron chi connectivity index (χ1n) is 12.4. The topological polar surface area (TPSA) is 102 Å². The number of methoxy groups -OCH3 is 1. The maximum Gasteiger partial charge on any atom is 0.236 e. The zero-order valence-corrected chi connectivity index (χ0v) is 23.1. The number of carbonyl (C=O) groups is 3. The normalized spacial score (nSPS) is 12.7. The Balaban J connectivity index is 1.93. The van der Waals surface area contributed by atoms with Gasteiger partial charge in [0.2, 0.25) is 18.2 Å². The SMILES string of the molecule is COc1ccccc1CCN(C=O)c1sc(-c2ncco2)c(C)c1C(=O)C(C)CC(C)C(=O)NC(C)C. The molecule has 0 aliphatic carbocycles. The Kier molecular flexibility index (Phi) is 9.63. The number of nitrogens with zero attached hydrogens (tertiary/aromatic N) is 2. The van der Waals surface area contributed by atoms with Crippen molar-refractivity contribution in [3.63, 3.8) is 0 Å². The van der Waals surface area contributed by atoms with Crippen LogP contribution in [0.4, 0.5) is 5.00 Å². The number of hydrogen-bond donors (Lipinski definition) is 1. The lowest BCUT2D eigenvalue weighted by Gasteiger charge is -2.21. The van der Waals surface area contributed by atoms with Crippen LogP contribution in [0.2, 0.25) is 0 Å². The lowest BCUT2D eigenvalue weighted by Crippen LogP contribution is -2.35. The third-order valence-electron chi connectivity index (χ3n) is 6.24. The number of ether oxygens (including phenoxy) is 1. The number of rotatable bonds is 13. The Bertz CT molecular complexity index is 1220. The van der Waals surface area contributed by atoms with Crippen molar-refractivity contribution in [3.05, 3.63) is 53.4 Å². The maximum absolute atomic E-state index is 13.8. The van der Waals surface area contributed by atoms with Gasteiger partial charge in [0, 0.05) is 24.4 Å². The van der Waals surface area contributed by atoms with Gasteiger partial charge in [0.1, 0.15) is 17.0 Å². The Labute approximate surface area is 222 Å². The summed E-state index contributed by atoms with van der Waals surface area (Å²) in [5.74, 6) is 0.187. The van der Waals surface area contributed by atoms with E-state index in [1.54, 1.807) is 18.2 Å². The molecule has 198 valence electrons. The van der Waals surface area contributed by atoms with Crippen LogP contribution in [0.5, 0.6) is 5.75 Å². The fourth-order valence-electron chi connectivity index (χ4n) is 4.30. The second kappa shape index (κ2) is 12.7. The van der Waals surface area contributed by atoms with Gasteiger partial charge in [-0.1, -0.05) is 32.0 Å². The van der Waals surface area contributed by atoms with E-state index in [2.05, 4.69) is 10.3 Å². The Hall–Kier alpha value is -3.46.